The van der Waals surface area contributed by atoms with E-state index in [0.29, 0.717) is 12.8 Å². The molecule has 0 saturated carbocycles. The molecule has 1 aromatic rings. The molecule has 0 aliphatic heterocycles. The number of amides is 1. The topological polar surface area (TPSA) is 71.5 Å². The van der Waals surface area contributed by atoms with Crippen LogP contribution in [-0.4, -0.2) is 41.4 Å². The number of carbonyl (C=O) groups is 1. The molecule has 1 unspecified atom stereocenters. The van der Waals surface area contributed by atoms with Crippen molar-refractivity contribution in [2.45, 2.75) is 32.0 Å². The molecule has 0 aromatic carbocycles. The number of rotatable bonds is 7. The minimum atomic E-state index is -4.46. The molecule has 5 nitrogen and oxygen atoms in total. The lowest BCUT2D eigenvalue weighted by Crippen LogP contribution is -2.33. The van der Waals surface area contributed by atoms with Gasteiger partial charge in [0.05, 0.1) is 0 Å². The SMILES string of the molecule is CC(CCCO)NC(=O)c1cccc(OCC(F)(F)F)n1. The van der Waals surface area contributed by atoms with E-state index in [1.165, 1.54) is 18.2 Å². The van der Waals surface area contributed by atoms with Crippen molar-refractivity contribution < 1.29 is 27.8 Å². The number of nitrogens with one attached hydrogen (secondary N) is 1. The van der Waals surface area contributed by atoms with Gasteiger partial charge in [-0.15, -0.1) is 0 Å². The van der Waals surface area contributed by atoms with E-state index in [1.54, 1.807) is 6.92 Å². The maximum absolute atomic E-state index is 12.0. The molecule has 0 radical (unpaired) electrons. The monoisotopic (exact) mass is 306 g/mol. The summed E-state index contributed by atoms with van der Waals surface area (Å²) in [5, 5.41) is 11.3. The molecule has 2 N–H and O–H groups in total. The number of ether oxygens (including phenoxy) is 1. The molecule has 0 aliphatic rings. The summed E-state index contributed by atoms with van der Waals surface area (Å²) in [6.07, 6.45) is -3.32. The Balaban J connectivity index is 2.60. The first-order valence-corrected chi connectivity index (χ1v) is 6.40. The molecular formula is C13H17F3N2O3. The van der Waals surface area contributed by atoms with E-state index in [0.717, 1.165) is 0 Å². The average molecular weight is 306 g/mol. The van der Waals surface area contributed by atoms with Gasteiger partial charge in [0.2, 0.25) is 5.88 Å². The Morgan fingerprint density at radius 1 is 1.48 bits per heavy atom. The van der Waals surface area contributed by atoms with Crippen LogP contribution in [-0.2, 0) is 0 Å². The molecule has 1 rings (SSSR count). The molecule has 1 atom stereocenters. The summed E-state index contributed by atoms with van der Waals surface area (Å²) in [5.41, 5.74) is -0.0227. The van der Waals surface area contributed by atoms with Gasteiger partial charge in [-0.2, -0.15) is 13.2 Å². The number of halogens is 3. The van der Waals surface area contributed by atoms with E-state index >= 15 is 0 Å². The van der Waals surface area contributed by atoms with Crippen LogP contribution in [0.3, 0.4) is 0 Å². The summed E-state index contributed by atoms with van der Waals surface area (Å²) >= 11 is 0. The number of pyridine rings is 1. The quantitative estimate of drug-likeness (QED) is 0.807. The van der Waals surface area contributed by atoms with E-state index in [4.69, 9.17) is 5.11 Å². The molecule has 118 valence electrons. The highest BCUT2D eigenvalue weighted by Gasteiger charge is 2.28. The van der Waals surface area contributed by atoms with E-state index < -0.39 is 18.7 Å². The Kier molecular flexibility index (Phi) is 6.41. The predicted molar refractivity (Wildman–Crippen MR) is 69.0 cm³/mol. The largest absolute Gasteiger partial charge is 0.468 e. The van der Waals surface area contributed by atoms with E-state index in [9.17, 15) is 18.0 Å². The number of nitrogens with zero attached hydrogens (tertiary/aromatic N) is 1. The number of hydrogen-bond donors (Lipinski definition) is 2. The van der Waals surface area contributed by atoms with Crippen molar-refractivity contribution in [3.63, 3.8) is 0 Å². The maximum atomic E-state index is 12.0. The molecule has 21 heavy (non-hydrogen) atoms. The standard InChI is InChI=1S/C13H17F3N2O3/c1-9(4-3-7-19)17-12(20)10-5-2-6-11(18-10)21-8-13(14,15)16/h2,5-6,9,19H,3-4,7-8H2,1H3,(H,17,20). The zero-order valence-electron chi connectivity index (χ0n) is 11.5. The number of alkyl halides is 3. The molecule has 0 fully saturated rings. The fraction of sp³-hybridized carbons (Fsp3) is 0.538. The molecule has 0 aliphatic carbocycles. The summed E-state index contributed by atoms with van der Waals surface area (Å²) in [6.45, 7) is 0.328. The van der Waals surface area contributed by atoms with Crippen molar-refractivity contribution in [2.24, 2.45) is 0 Å². The first kappa shape index (κ1) is 17.2. The lowest BCUT2D eigenvalue weighted by Gasteiger charge is -2.13. The number of carbonyl (C=O) groups excluding carboxylic acids is 1. The number of aliphatic hydroxyl groups excluding tert-OH is 1. The van der Waals surface area contributed by atoms with Gasteiger partial charge >= 0.3 is 6.18 Å². The minimum absolute atomic E-state index is 0.0227. The van der Waals surface area contributed by atoms with E-state index in [2.05, 4.69) is 15.0 Å². The van der Waals surface area contributed by atoms with Gasteiger partial charge in [0.25, 0.3) is 5.91 Å². The van der Waals surface area contributed by atoms with Gasteiger partial charge in [-0.05, 0) is 25.8 Å². The van der Waals surface area contributed by atoms with E-state index in [-0.39, 0.29) is 24.2 Å². The summed E-state index contributed by atoms with van der Waals surface area (Å²) in [4.78, 5) is 15.6. The Hall–Kier alpha value is -1.83. The molecule has 8 heteroatoms. The Bertz CT molecular complexity index is 466. The first-order chi connectivity index (χ1) is 9.81. The van der Waals surface area contributed by atoms with Gasteiger partial charge in [-0.3, -0.25) is 4.79 Å². The third kappa shape index (κ3) is 6.94. The highest BCUT2D eigenvalue weighted by Crippen LogP contribution is 2.17. The second kappa shape index (κ2) is 7.82. The maximum Gasteiger partial charge on any atom is 0.422 e. The molecule has 0 bridgehead atoms. The number of aromatic nitrogens is 1. The van der Waals surface area contributed by atoms with E-state index in [1.807, 2.05) is 0 Å². The smallest absolute Gasteiger partial charge is 0.422 e. The fourth-order valence-corrected chi connectivity index (χ4v) is 1.54. The Morgan fingerprint density at radius 3 is 2.81 bits per heavy atom. The van der Waals surface area contributed by atoms with Gasteiger partial charge in [0, 0.05) is 18.7 Å². The second-order valence-electron chi connectivity index (χ2n) is 4.51. The Labute approximate surface area is 120 Å². The fourth-order valence-electron chi connectivity index (χ4n) is 1.54. The van der Waals surface area contributed by atoms with Gasteiger partial charge < -0.3 is 15.2 Å². The lowest BCUT2D eigenvalue weighted by atomic mass is 10.2. The summed E-state index contributed by atoms with van der Waals surface area (Å²) in [5.74, 6) is -0.763. The average Bonchev–Trinajstić information content (AvgIpc) is 2.42. The van der Waals surface area contributed by atoms with Crippen LogP contribution in [0.2, 0.25) is 0 Å². The van der Waals surface area contributed by atoms with Gasteiger partial charge in [-0.1, -0.05) is 6.07 Å². The van der Waals surface area contributed by atoms with Gasteiger partial charge in [-0.25, -0.2) is 4.98 Å². The van der Waals surface area contributed by atoms with Crippen LogP contribution >= 0.6 is 0 Å². The van der Waals surface area contributed by atoms with Crippen LogP contribution in [0.15, 0.2) is 18.2 Å². The van der Waals surface area contributed by atoms with Crippen LogP contribution in [0.4, 0.5) is 13.2 Å². The normalized spacial score (nSPS) is 12.8. The summed E-state index contributed by atoms with van der Waals surface area (Å²) in [7, 11) is 0. The van der Waals surface area contributed by atoms with Gasteiger partial charge in [0.15, 0.2) is 6.61 Å². The highest BCUT2D eigenvalue weighted by molar-refractivity contribution is 5.92. The van der Waals surface area contributed by atoms with Crippen molar-refractivity contribution >= 4 is 5.91 Å². The van der Waals surface area contributed by atoms with Crippen molar-refractivity contribution in [1.29, 1.82) is 0 Å². The van der Waals surface area contributed by atoms with Crippen LogP contribution in [0.5, 0.6) is 5.88 Å². The summed E-state index contributed by atoms with van der Waals surface area (Å²) < 4.78 is 40.6. The van der Waals surface area contributed by atoms with Crippen molar-refractivity contribution in [3.8, 4) is 5.88 Å². The first-order valence-electron chi connectivity index (χ1n) is 6.40. The number of hydrogen-bond acceptors (Lipinski definition) is 4. The molecule has 1 amide bonds. The molecule has 1 aromatic heterocycles. The zero-order chi connectivity index (χ0) is 15.9. The highest BCUT2D eigenvalue weighted by atomic mass is 19.4. The van der Waals surface area contributed by atoms with Crippen LogP contribution in [0, 0.1) is 0 Å². The molecule has 0 saturated heterocycles. The van der Waals surface area contributed by atoms with Crippen LogP contribution in [0.1, 0.15) is 30.3 Å². The molecular weight excluding hydrogens is 289 g/mol. The molecule has 1 heterocycles. The van der Waals surface area contributed by atoms with Crippen molar-refractivity contribution in [1.82, 2.24) is 10.3 Å². The lowest BCUT2D eigenvalue weighted by molar-refractivity contribution is -0.154. The second-order valence-corrected chi connectivity index (χ2v) is 4.51. The van der Waals surface area contributed by atoms with Gasteiger partial charge in [0.1, 0.15) is 5.69 Å². The minimum Gasteiger partial charge on any atom is -0.468 e. The Morgan fingerprint density at radius 2 is 2.19 bits per heavy atom. The zero-order valence-corrected chi connectivity index (χ0v) is 11.5. The van der Waals surface area contributed by atoms with Crippen LogP contribution < -0.4 is 10.1 Å². The van der Waals surface area contributed by atoms with Crippen LogP contribution in [0.25, 0.3) is 0 Å². The van der Waals surface area contributed by atoms with Crippen molar-refractivity contribution in [2.75, 3.05) is 13.2 Å². The summed E-state index contributed by atoms with van der Waals surface area (Å²) in [6, 6.07) is 3.85. The third-order valence-electron chi connectivity index (χ3n) is 2.51. The predicted octanol–water partition coefficient (Wildman–Crippen LogP) is 1.91. The molecule has 0 spiro atoms. The third-order valence-corrected chi connectivity index (χ3v) is 2.51. The number of aliphatic hydroxyl groups is 1. The van der Waals surface area contributed by atoms with Crippen molar-refractivity contribution in [3.05, 3.63) is 23.9 Å².